The van der Waals surface area contributed by atoms with E-state index >= 15 is 0 Å². The van der Waals surface area contributed by atoms with Crippen molar-refractivity contribution in [3.05, 3.63) is 46.7 Å². The van der Waals surface area contributed by atoms with Gasteiger partial charge in [-0.1, -0.05) is 31.1 Å². The van der Waals surface area contributed by atoms with E-state index in [0.717, 1.165) is 22.6 Å². The van der Waals surface area contributed by atoms with Crippen LogP contribution in [0.25, 0.3) is 11.4 Å². The number of ether oxygens (including phenoxy) is 1. The lowest BCUT2D eigenvalue weighted by molar-refractivity contribution is -0.159. The van der Waals surface area contributed by atoms with E-state index in [-0.39, 0.29) is 10.9 Å². The molecule has 0 unspecified atom stereocenters. The van der Waals surface area contributed by atoms with Crippen LogP contribution in [0.15, 0.2) is 27.2 Å². The molecular formula is C24H32F3N3O4Si. The number of alkyl halides is 3. The highest BCUT2D eigenvalue weighted by molar-refractivity contribution is 6.74. The fourth-order valence-electron chi connectivity index (χ4n) is 3.20. The van der Waals surface area contributed by atoms with Crippen LogP contribution in [-0.4, -0.2) is 30.2 Å². The van der Waals surface area contributed by atoms with E-state index in [1.807, 2.05) is 19.9 Å². The van der Waals surface area contributed by atoms with Crippen molar-refractivity contribution in [3.63, 3.8) is 0 Å². The number of aromatic nitrogens is 3. The lowest BCUT2D eigenvalue weighted by atomic mass is 10.1. The van der Waals surface area contributed by atoms with Crippen LogP contribution in [0.1, 0.15) is 55.7 Å². The smallest absolute Gasteiger partial charge is 0.471 e. The summed E-state index contributed by atoms with van der Waals surface area (Å²) in [5, 5.41) is 7.69. The molecule has 7 nitrogen and oxygen atoms in total. The average molecular weight is 512 g/mol. The third-order valence-corrected chi connectivity index (χ3v) is 10.7. The zero-order valence-electron chi connectivity index (χ0n) is 21.2. The molecule has 0 aliphatic rings. The van der Waals surface area contributed by atoms with Crippen molar-refractivity contribution in [2.75, 3.05) is 6.61 Å². The maximum atomic E-state index is 12.7. The Bertz CT molecular complexity index is 1130. The molecule has 0 amide bonds. The maximum Gasteiger partial charge on any atom is 0.471 e. The molecule has 1 aromatic carbocycles. The van der Waals surface area contributed by atoms with Crippen LogP contribution < -0.4 is 4.74 Å². The molecule has 3 rings (SSSR count). The van der Waals surface area contributed by atoms with Crippen LogP contribution in [0.3, 0.4) is 0 Å². The molecule has 35 heavy (non-hydrogen) atoms. The summed E-state index contributed by atoms with van der Waals surface area (Å²) in [5.74, 6) is -0.0443. The summed E-state index contributed by atoms with van der Waals surface area (Å²) >= 11 is 0. The van der Waals surface area contributed by atoms with Gasteiger partial charge in [0.2, 0.25) is 5.82 Å². The number of benzene rings is 1. The van der Waals surface area contributed by atoms with Crippen LogP contribution >= 0.6 is 0 Å². The van der Waals surface area contributed by atoms with Gasteiger partial charge in [0.1, 0.15) is 17.2 Å². The van der Waals surface area contributed by atoms with Crippen molar-refractivity contribution in [3.8, 4) is 17.1 Å². The quantitative estimate of drug-likeness (QED) is 0.228. The Morgan fingerprint density at radius 1 is 0.971 bits per heavy atom. The van der Waals surface area contributed by atoms with E-state index in [1.54, 1.807) is 12.1 Å². The highest BCUT2D eigenvalue weighted by Crippen LogP contribution is 2.37. The first kappa shape index (κ1) is 26.9. The number of hydrogen-bond acceptors (Lipinski definition) is 7. The molecule has 0 bridgehead atoms. The molecule has 192 valence electrons. The maximum absolute atomic E-state index is 12.7. The largest absolute Gasteiger partial charge is 0.493 e. The van der Waals surface area contributed by atoms with Gasteiger partial charge in [0.25, 0.3) is 0 Å². The summed E-state index contributed by atoms with van der Waals surface area (Å²) in [6, 6.07) is 5.27. The molecule has 0 aliphatic carbocycles. The summed E-state index contributed by atoms with van der Waals surface area (Å²) < 4.78 is 60.1. The lowest BCUT2D eigenvalue weighted by Gasteiger charge is -2.35. The molecule has 11 heteroatoms. The molecule has 0 radical (unpaired) electrons. The first-order valence-corrected chi connectivity index (χ1v) is 14.3. The first-order chi connectivity index (χ1) is 16.2. The van der Waals surface area contributed by atoms with Gasteiger partial charge in [-0.25, -0.2) is 0 Å². The van der Waals surface area contributed by atoms with E-state index in [2.05, 4.69) is 53.7 Å². The number of rotatable bonds is 9. The Morgan fingerprint density at radius 2 is 1.63 bits per heavy atom. The predicted molar refractivity (Wildman–Crippen MR) is 127 cm³/mol. The Hall–Kier alpha value is -2.66. The fourth-order valence-corrected chi connectivity index (χ4v) is 4.14. The first-order valence-electron chi connectivity index (χ1n) is 11.4. The lowest BCUT2D eigenvalue weighted by Crippen LogP contribution is -2.40. The Kier molecular flexibility index (Phi) is 7.80. The Balaban J connectivity index is 1.53. The van der Waals surface area contributed by atoms with Crippen molar-refractivity contribution in [2.45, 2.75) is 78.4 Å². The molecule has 0 spiro atoms. The van der Waals surface area contributed by atoms with Gasteiger partial charge >= 0.3 is 12.1 Å². The number of aryl methyl sites for hydroxylation is 3. The summed E-state index contributed by atoms with van der Waals surface area (Å²) in [4.78, 5) is 3.45. The SMILES string of the molecule is Cc1cc(-c2noc(C(F)(F)F)n2)cc(C)c1OCCCc1cc(CO[Si](C)(C)C(C)(C)C)no1. The minimum atomic E-state index is -4.68. The third kappa shape index (κ3) is 6.72. The second-order valence-corrected chi connectivity index (χ2v) is 15.0. The molecular weight excluding hydrogens is 479 g/mol. The van der Waals surface area contributed by atoms with Gasteiger partial charge in [0.15, 0.2) is 8.32 Å². The second kappa shape index (κ2) is 10.1. The Labute approximate surface area is 204 Å². The van der Waals surface area contributed by atoms with E-state index in [0.29, 0.717) is 37.4 Å². The monoisotopic (exact) mass is 511 g/mol. The molecule has 0 saturated heterocycles. The van der Waals surface area contributed by atoms with Crippen LogP contribution in [0, 0.1) is 13.8 Å². The summed E-state index contributed by atoms with van der Waals surface area (Å²) in [5.41, 5.74) is 2.75. The van der Waals surface area contributed by atoms with Gasteiger partial charge in [0, 0.05) is 18.1 Å². The highest BCUT2D eigenvalue weighted by Gasteiger charge is 2.39. The third-order valence-electron chi connectivity index (χ3n) is 6.20. The molecule has 0 N–H and O–H groups in total. The Morgan fingerprint density at radius 3 is 2.20 bits per heavy atom. The minimum Gasteiger partial charge on any atom is -0.493 e. The van der Waals surface area contributed by atoms with Crippen LogP contribution in [0.4, 0.5) is 13.2 Å². The van der Waals surface area contributed by atoms with Gasteiger partial charge in [-0.2, -0.15) is 18.2 Å². The molecule has 2 aromatic heterocycles. The number of halogens is 3. The summed E-state index contributed by atoms with van der Waals surface area (Å²) in [6.07, 6.45) is -3.31. The average Bonchev–Trinajstić information content (AvgIpc) is 3.40. The molecule has 0 saturated carbocycles. The van der Waals surface area contributed by atoms with E-state index in [9.17, 15) is 13.2 Å². The fraction of sp³-hybridized carbons (Fsp3) is 0.542. The zero-order valence-corrected chi connectivity index (χ0v) is 22.2. The molecule has 0 aliphatic heterocycles. The van der Waals surface area contributed by atoms with Gasteiger partial charge in [-0.15, -0.1) is 0 Å². The van der Waals surface area contributed by atoms with Crippen LogP contribution in [0.5, 0.6) is 5.75 Å². The minimum absolute atomic E-state index is 0.117. The van der Waals surface area contributed by atoms with Crippen molar-refractivity contribution in [1.29, 1.82) is 0 Å². The van der Waals surface area contributed by atoms with Gasteiger partial charge in [0.05, 0.1) is 13.2 Å². The molecule has 2 heterocycles. The van der Waals surface area contributed by atoms with Gasteiger partial charge in [-0.05, 0) is 61.7 Å². The van der Waals surface area contributed by atoms with Crippen LogP contribution in [-0.2, 0) is 23.6 Å². The highest BCUT2D eigenvalue weighted by atomic mass is 28.4. The molecule has 0 atom stereocenters. The number of hydrogen-bond donors (Lipinski definition) is 0. The topological polar surface area (TPSA) is 83.4 Å². The standard InChI is InChI=1S/C24H32F3N3O4Si/c1-15-11-17(21-28-22(34-30-21)24(25,26)27)12-16(2)20(15)31-10-8-9-19-13-18(29-33-19)14-32-35(6,7)23(3,4)5/h11-13H,8-10,14H2,1-7H3. The predicted octanol–water partition coefficient (Wildman–Crippen LogP) is 6.89. The zero-order chi connectivity index (χ0) is 26.0. The van der Waals surface area contributed by atoms with Crippen molar-refractivity contribution in [2.24, 2.45) is 0 Å². The van der Waals surface area contributed by atoms with Crippen LogP contribution in [0.2, 0.25) is 18.1 Å². The van der Waals surface area contributed by atoms with E-state index < -0.39 is 20.4 Å². The number of nitrogens with zero attached hydrogens (tertiary/aromatic N) is 3. The van der Waals surface area contributed by atoms with Gasteiger partial charge < -0.3 is 18.2 Å². The normalized spacial score (nSPS) is 12.9. The molecule has 0 fully saturated rings. The summed E-state index contributed by atoms with van der Waals surface area (Å²) in [6.45, 7) is 15.5. The van der Waals surface area contributed by atoms with E-state index in [1.165, 1.54) is 0 Å². The van der Waals surface area contributed by atoms with Crippen molar-refractivity contribution < 1.29 is 31.4 Å². The van der Waals surface area contributed by atoms with Crippen molar-refractivity contribution in [1.82, 2.24) is 15.3 Å². The second-order valence-electron chi connectivity index (χ2n) is 10.1. The van der Waals surface area contributed by atoms with E-state index in [4.69, 9.17) is 13.7 Å². The molecule has 3 aromatic rings. The van der Waals surface area contributed by atoms with Gasteiger partial charge in [-0.3, -0.25) is 0 Å². The summed E-state index contributed by atoms with van der Waals surface area (Å²) in [7, 11) is -1.86. The van der Waals surface area contributed by atoms with Crippen molar-refractivity contribution >= 4 is 8.32 Å².